The minimum atomic E-state index is 0.599. The van der Waals surface area contributed by atoms with Crippen molar-refractivity contribution in [2.24, 2.45) is 0 Å². The molecule has 2 aromatic rings. The van der Waals surface area contributed by atoms with E-state index in [1.165, 1.54) is 34.2 Å². The molecule has 3 rings (SSSR count). The van der Waals surface area contributed by atoms with Crippen LogP contribution in [0.5, 0.6) is 0 Å². The van der Waals surface area contributed by atoms with Gasteiger partial charge in [-0.25, -0.2) is 0 Å². The summed E-state index contributed by atoms with van der Waals surface area (Å²) >= 11 is 0. The van der Waals surface area contributed by atoms with Crippen molar-refractivity contribution < 1.29 is 0 Å². The molecule has 0 N–H and O–H groups in total. The summed E-state index contributed by atoms with van der Waals surface area (Å²) in [6, 6.07) is 15.3. The second kappa shape index (κ2) is 4.45. The van der Waals surface area contributed by atoms with Crippen molar-refractivity contribution in [3.05, 3.63) is 65.2 Å². The van der Waals surface area contributed by atoms with Crippen LogP contribution in [0.15, 0.2) is 48.5 Å². The van der Waals surface area contributed by atoms with Gasteiger partial charge in [-0.3, -0.25) is 0 Å². The summed E-state index contributed by atoms with van der Waals surface area (Å²) in [5.74, 6) is 0.599. The largest absolute Gasteiger partial charge is 0.0764 e. The number of hydrogen-bond donors (Lipinski definition) is 0. The summed E-state index contributed by atoms with van der Waals surface area (Å²) in [6.07, 6.45) is 5.81. The number of rotatable bonds is 2. The van der Waals surface area contributed by atoms with Gasteiger partial charge >= 0.3 is 0 Å². The van der Waals surface area contributed by atoms with Crippen molar-refractivity contribution in [2.45, 2.75) is 26.2 Å². The molecule has 18 heavy (non-hydrogen) atoms. The maximum atomic E-state index is 2.37. The van der Waals surface area contributed by atoms with Gasteiger partial charge in [-0.1, -0.05) is 55.5 Å². The predicted octanol–water partition coefficient (Wildman–Crippen LogP) is 5.18. The minimum Gasteiger partial charge on any atom is -0.0764 e. The van der Waals surface area contributed by atoms with Crippen molar-refractivity contribution >= 4 is 6.08 Å². The normalized spacial score (nSPS) is 16.9. The molecular formula is C18H18. The Labute approximate surface area is 109 Å². The lowest BCUT2D eigenvalue weighted by molar-refractivity contribution is 0.818. The third-order valence-corrected chi connectivity index (χ3v) is 3.86. The van der Waals surface area contributed by atoms with Gasteiger partial charge in [0, 0.05) is 5.92 Å². The molecule has 0 spiro atoms. The third-order valence-electron chi connectivity index (χ3n) is 3.86. The van der Waals surface area contributed by atoms with Crippen LogP contribution in [-0.2, 0) is 0 Å². The zero-order valence-electron chi connectivity index (χ0n) is 11.0. The summed E-state index contributed by atoms with van der Waals surface area (Å²) in [4.78, 5) is 0. The number of hydrogen-bond acceptors (Lipinski definition) is 0. The standard InChI is InChI=1S/C18H18/c1-3-14-9-10-17-13(2)11-16(12-18(14)17)15-7-5-4-6-8-15/h4-12,14H,3H2,1-2H3. The molecule has 2 aromatic carbocycles. The topological polar surface area (TPSA) is 0 Å². The molecule has 0 radical (unpaired) electrons. The van der Waals surface area contributed by atoms with Crippen LogP contribution < -0.4 is 0 Å². The van der Waals surface area contributed by atoms with Crippen LogP contribution in [0.1, 0.15) is 36.0 Å². The number of benzene rings is 2. The fraction of sp³-hybridized carbons (Fsp3) is 0.222. The molecular weight excluding hydrogens is 216 g/mol. The van der Waals surface area contributed by atoms with Gasteiger partial charge in [-0.15, -0.1) is 0 Å². The Kier molecular flexibility index (Phi) is 2.79. The minimum absolute atomic E-state index is 0.599. The maximum Gasteiger partial charge on any atom is 0.00249 e. The Hall–Kier alpha value is -1.82. The van der Waals surface area contributed by atoms with E-state index in [9.17, 15) is 0 Å². The van der Waals surface area contributed by atoms with E-state index in [1.54, 1.807) is 0 Å². The van der Waals surface area contributed by atoms with Crippen LogP contribution in [0.3, 0.4) is 0 Å². The van der Waals surface area contributed by atoms with Gasteiger partial charge in [0.15, 0.2) is 0 Å². The van der Waals surface area contributed by atoms with Crippen LogP contribution in [0.2, 0.25) is 0 Å². The first-order valence-electron chi connectivity index (χ1n) is 6.67. The lowest BCUT2D eigenvalue weighted by atomic mass is 9.91. The van der Waals surface area contributed by atoms with Crippen molar-refractivity contribution in [1.82, 2.24) is 0 Å². The Bertz CT molecular complexity index is 591. The van der Waals surface area contributed by atoms with Crippen LogP contribution in [0.25, 0.3) is 17.2 Å². The first kappa shape index (κ1) is 11.3. The highest BCUT2D eigenvalue weighted by molar-refractivity contribution is 5.73. The molecule has 0 bridgehead atoms. The Morgan fingerprint density at radius 1 is 1.00 bits per heavy atom. The van der Waals surface area contributed by atoms with Crippen molar-refractivity contribution in [3.63, 3.8) is 0 Å². The zero-order valence-corrected chi connectivity index (χ0v) is 11.0. The van der Waals surface area contributed by atoms with Crippen molar-refractivity contribution in [3.8, 4) is 11.1 Å². The highest BCUT2D eigenvalue weighted by Gasteiger charge is 2.18. The first-order chi connectivity index (χ1) is 8.79. The molecule has 1 atom stereocenters. The van der Waals surface area contributed by atoms with Crippen LogP contribution in [-0.4, -0.2) is 0 Å². The fourth-order valence-corrected chi connectivity index (χ4v) is 2.83. The fourth-order valence-electron chi connectivity index (χ4n) is 2.83. The smallest absolute Gasteiger partial charge is 0.00249 e. The quantitative estimate of drug-likeness (QED) is 0.671. The second-order valence-electron chi connectivity index (χ2n) is 5.04. The number of allylic oxidation sites excluding steroid dienone is 1. The average Bonchev–Trinajstić information content (AvgIpc) is 2.83. The van der Waals surface area contributed by atoms with Gasteiger partial charge in [0.05, 0.1) is 0 Å². The second-order valence-corrected chi connectivity index (χ2v) is 5.04. The van der Waals surface area contributed by atoms with Crippen molar-refractivity contribution in [1.29, 1.82) is 0 Å². The zero-order chi connectivity index (χ0) is 12.5. The van der Waals surface area contributed by atoms with Gasteiger partial charge in [0.2, 0.25) is 0 Å². The first-order valence-corrected chi connectivity index (χ1v) is 6.67. The van der Waals surface area contributed by atoms with Crippen LogP contribution >= 0.6 is 0 Å². The van der Waals surface area contributed by atoms with Crippen LogP contribution in [0.4, 0.5) is 0 Å². The average molecular weight is 234 g/mol. The molecule has 1 unspecified atom stereocenters. The third kappa shape index (κ3) is 1.78. The summed E-state index contributed by atoms with van der Waals surface area (Å²) in [6.45, 7) is 4.47. The molecule has 0 saturated heterocycles. The molecule has 90 valence electrons. The molecule has 0 heterocycles. The van der Waals surface area contributed by atoms with E-state index in [4.69, 9.17) is 0 Å². The monoisotopic (exact) mass is 234 g/mol. The summed E-state index contributed by atoms with van der Waals surface area (Å²) < 4.78 is 0. The molecule has 1 aliphatic rings. The lowest BCUT2D eigenvalue weighted by Gasteiger charge is -2.13. The van der Waals surface area contributed by atoms with Gasteiger partial charge in [-0.2, -0.15) is 0 Å². The number of aryl methyl sites for hydroxylation is 1. The Balaban J connectivity index is 2.13. The molecule has 0 nitrogen and oxygen atoms in total. The van der Waals surface area contributed by atoms with E-state index >= 15 is 0 Å². The van der Waals surface area contributed by atoms with E-state index in [0.717, 1.165) is 0 Å². The van der Waals surface area contributed by atoms with E-state index in [1.807, 2.05) is 0 Å². The van der Waals surface area contributed by atoms with Gasteiger partial charge in [-0.05, 0) is 47.2 Å². The Morgan fingerprint density at radius 3 is 2.50 bits per heavy atom. The van der Waals surface area contributed by atoms with E-state index in [-0.39, 0.29) is 0 Å². The van der Waals surface area contributed by atoms with E-state index in [0.29, 0.717) is 5.92 Å². The van der Waals surface area contributed by atoms with Gasteiger partial charge < -0.3 is 0 Å². The number of fused-ring (bicyclic) bond motifs is 1. The highest BCUT2D eigenvalue weighted by Crippen LogP contribution is 2.37. The summed E-state index contributed by atoms with van der Waals surface area (Å²) in [5, 5.41) is 0. The van der Waals surface area contributed by atoms with Crippen molar-refractivity contribution in [2.75, 3.05) is 0 Å². The molecule has 1 aliphatic carbocycles. The molecule has 0 heteroatoms. The molecule has 0 saturated carbocycles. The Morgan fingerprint density at radius 2 is 1.78 bits per heavy atom. The maximum absolute atomic E-state index is 2.37. The molecule has 0 aliphatic heterocycles. The molecule has 0 fully saturated rings. The highest BCUT2D eigenvalue weighted by atomic mass is 14.2. The molecule has 0 amide bonds. The molecule has 0 aromatic heterocycles. The predicted molar refractivity (Wildman–Crippen MR) is 78.7 cm³/mol. The summed E-state index contributed by atoms with van der Waals surface area (Å²) in [7, 11) is 0. The van der Waals surface area contributed by atoms with Gasteiger partial charge in [0.1, 0.15) is 0 Å². The lowest BCUT2D eigenvalue weighted by Crippen LogP contribution is -1.94. The SMILES string of the molecule is CCC1C=Cc2c(C)cc(-c3ccccc3)cc21. The van der Waals surface area contributed by atoms with Gasteiger partial charge in [0.25, 0.3) is 0 Å². The van der Waals surface area contributed by atoms with Crippen LogP contribution in [0, 0.1) is 6.92 Å². The summed E-state index contributed by atoms with van der Waals surface area (Å²) in [5.41, 5.74) is 6.97. The van der Waals surface area contributed by atoms with E-state index in [2.05, 4.69) is 68.5 Å². The van der Waals surface area contributed by atoms with E-state index < -0.39 is 0 Å².